The second-order valence-electron chi connectivity index (χ2n) is 5.35. The van der Waals surface area contributed by atoms with Crippen LogP contribution in [0.15, 0.2) is 35.7 Å². The number of hydrogen-bond acceptors (Lipinski definition) is 5. The van der Waals surface area contributed by atoms with E-state index in [1.807, 2.05) is 37.3 Å². The summed E-state index contributed by atoms with van der Waals surface area (Å²) >= 11 is 1.46. The molecule has 1 amide bonds. The molecule has 0 aliphatic carbocycles. The molecule has 1 N–H and O–H groups in total. The Bertz CT molecular complexity index is 644. The van der Waals surface area contributed by atoms with Gasteiger partial charge in [-0.25, -0.2) is 4.98 Å². The van der Waals surface area contributed by atoms with Crippen LogP contribution in [0.25, 0.3) is 10.6 Å². The number of carbonyl (C=O) groups is 1. The number of amides is 1. The summed E-state index contributed by atoms with van der Waals surface area (Å²) in [5, 5.41) is 11.9. The fraction of sp³-hybridized carbons (Fsp3) is 0.375. The van der Waals surface area contributed by atoms with Crippen LogP contribution in [0.2, 0.25) is 0 Å². The highest BCUT2D eigenvalue weighted by Gasteiger charge is 2.31. The van der Waals surface area contributed by atoms with Crippen LogP contribution >= 0.6 is 11.3 Å². The van der Waals surface area contributed by atoms with E-state index in [1.54, 1.807) is 10.3 Å². The second kappa shape index (κ2) is 6.56. The van der Waals surface area contributed by atoms with Crippen LogP contribution in [0.5, 0.6) is 0 Å². The Morgan fingerprint density at radius 3 is 2.95 bits per heavy atom. The molecule has 1 aliphatic heterocycles. The first-order valence-electron chi connectivity index (χ1n) is 7.23. The van der Waals surface area contributed by atoms with E-state index in [1.165, 1.54) is 11.3 Å². The summed E-state index contributed by atoms with van der Waals surface area (Å²) in [4.78, 5) is 18.8. The molecule has 1 aliphatic rings. The Balaban J connectivity index is 1.79. The predicted octanol–water partition coefficient (Wildman–Crippen LogP) is 2.03. The fourth-order valence-electron chi connectivity index (χ4n) is 2.44. The lowest BCUT2D eigenvalue weighted by atomic mass is 10.2. The smallest absolute Gasteiger partial charge is 0.273 e. The van der Waals surface area contributed by atoms with E-state index < -0.39 is 0 Å². The summed E-state index contributed by atoms with van der Waals surface area (Å²) < 4.78 is 5.47. The van der Waals surface area contributed by atoms with Crippen LogP contribution < -0.4 is 0 Å². The maximum atomic E-state index is 12.6. The van der Waals surface area contributed by atoms with E-state index in [0.717, 1.165) is 10.6 Å². The minimum absolute atomic E-state index is 0.0165. The third-order valence-corrected chi connectivity index (χ3v) is 4.61. The van der Waals surface area contributed by atoms with Crippen molar-refractivity contribution in [1.29, 1.82) is 0 Å². The van der Waals surface area contributed by atoms with Gasteiger partial charge in [-0.05, 0) is 6.92 Å². The van der Waals surface area contributed by atoms with Crippen LogP contribution in [0.3, 0.4) is 0 Å². The van der Waals surface area contributed by atoms with Gasteiger partial charge in [-0.15, -0.1) is 11.3 Å². The first-order valence-corrected chi connectivity index (χ1v) is 8.11. The summed E-state index contributed by atoms with van der Waals surface area (Å²) in [6.07, 6.45) is -0.313. The van der Waals surface area contributed by atoms with Crippen molar-refractivity contribution in [2.24, 2.45) is 0 Å². The van der Waals surface area contributed by atoms with Gasteiger partial charge in [0.15, 0.2) is 0 Å². The number of rotatable bonds is 3. The highest BCUT2D eigenvalue weighted by molar-refractivity contribution is 7.13. The fourth-order valence-corrected chi connectivity index (χ4v) is 3.24. The van der Waals surface area contributed by atoms with Gasteiger partial charge in [-0.1, -0.05) is 30.3 Å². The number of benzene rings is 1. The highest BCUT2D eigenvalue weighted by atomic mass is 32.1. The third-order valence-electron chi connectivity index (χ3n) is 3.71. The molecule has 0 saturated carbocycles. The topological polar surface area (TPSA) is 62.7 Å². The predicted molar refractivity (Wildman–Crippen MR) is 84.9 cm³/mol. The van der Waals surface area contributed by atoms with Gasteiger partial charge in [-0.3, -0.25) is 4.79 Å². The maximum Gasteiger partial charge on any atom is 0.273 e. The number of thiazole rings is 1. The molecule has 0 spiro atoms. The number of carbonyl (C=O) groups excluding carboxylic acids is 1. The van der Waals surface area contributed by atoms with Crippen molar-refractivity contribution in [3.8, 4) is 10.6 Å². The molecule has 3 rings (SSSR count). The molecule has 1 saturated heterocycles. The molecule has 2 aromatic rings. The van der Waals surface area contributed by atoms with Crippen LogP contribution in [-0.4, -0.2) is 52.8 Å². The summed E-state index contributed by atoms with van der Waals surface area (Å²) in [6, 6.07) is 9.80. The van der Waals surface area contributed by atoms with Crippen molar-refractivity contribution in [2.75, 3.05) is 19.8 Å². The van der Waals surface area contributed by atoms with Crippen LogP contribution in [0, 0.1) is 0 Å². The van der Waals surface area contributed by atoms with Crippen LogP contribution in [0.4, 0.5) is 0 Å². The Labute approximate surface area is 133 Å². The third kappa shape index (κ3) is 3.04. The normalized spacial score (nSPS) is 21.8. The van der Waals surface area contributed by atoms with Gasteiger partial charge >= 0.3 is 0 Å². The summed E-state index contributed by atoms with van der Waals surface area (Å²) in [5.74, 6) is -0.104. The zero-order chi connectivity index (χ0) is 15.5. The van der Waals surface area contributed by atoms with E-state index >= 15 is 0 Å². The first kappa shape index (κ1) is 15.1. The van der Waals surface area contributed by atoms with Crippen molar-refractivity contribution in [1.82, 2.24) is 9.88 Å². The number of aliphatic hydroxyl groups is 1. The van der Waals surface area contributed by atoms with E-state index in [9.17, 15) is 9.90 Å². The summed E-state index contributed by atoms with van der Waals surface area (Å²) in [7, 11) is 0. The maximum absolute atomic E-state index is 12.6. The SMILES string of the molecule is CC1COC(CO)CN1C(=O)c1csc(-c2ccccc2)n1. The molecule has 5 nitrogen and oxygen atoms in total. The van der Waals surface area contributed by atoms with Crippen LogP contribution in [0.1, 0.15) is 17.4 Å². The molecule has 2 heterocycles. The summed E-state index contributed by atoms with van der Waals surface area (Å²) in [5.41, 5.74) is 1.46. The highest BCUT2D eigenvalue weighted by Crippen LogP contribution is 2.25. The molecule has 2 atom stereocenters. The lowest BCUT2D eigenvalue weighted by Gasteiger charge is -2.37. The number of ether oxygens (including phenoxy) is 1. The Kier molecular flexibility index (Phi) is 4.52. The standard InChI is InChI=1S/C16H18N2O3S/c1-11-9-21-13(8-19)7-18(11)16(20)14-10-22-15(17-14)12-5-3-2-4-6-12/h2-6,10-11,13,19H,7-9H2,1H3. The van der Waals surface area contributed by atoms with Gasteiger partial charge in [0.2, 0.25) is 0 Å². The zero-order valence-electron chi connectivity index (χ0n) is 12.3. The van der Waals surface area contributed by atoms with Gasteiger partial charge < -0.3 is 14.7 Å². The number of morpholine rings is 1. The molecule has 6 heteroatoms. The average molecular weight is 318 g/mol. The summed E-state index contributed by atoms with van der Waals surface area (Å²) in [6.45, 7) is 2.69. The quantitative estimate of drug-likeness (QED) is 0.940. The van der Waals surface area contributed by atoms with Crippen molar-refractivity contribution in [3.05, 3.63) is 41.4 Å². The Morgan fingerprint density at radius 1 is 1.45 bits per heavy atom. The minimum Gasteiger partial charge on any atom is -0.394 e. The van der Waals surface area contributed by atoms with Crippen molar-refractivity contribution in [3.63, 3.8) is 0 Å². The van der Waals surface area contributed by atoms with Gasteiger partial charge in [0.1, 0.15) is 10.7 Å². The van der Waals surface area contributed by atoms with E-state index in [-0.39, 0.29) is 24.7 Å². The molecule has 1 aromatic carbocycles. The number of aliphatic hydroxyl groups excluding tert-OH is 1. The second-order valence-corrected chi connectivity index (χ2v) is 6.21. The monoisotopic (exact) mass is 318 g/mol. The molecular weight excluding hydrogens is 300 g/mol. The van der Waals surface area contributed by atoms with E-state index in [4.69, 9.17) is 4.74 Å². The Morgan fingerprint density at radius 2 is 2.23 bits per heavy atom. The van der Waals surface area contributed by atoms with E-state index in [0.29, 0.717) is 18.8 Å². The van der Waals surface area contributed by atoms with Gasteiger partial charge in [0.25, 0.3) is 5.91 Å². The number of nitrogens with zero attached hydrogens (tertiary/aromatic N) is 2. The van der Waals surface area contributed by atoms with Crippen molar-refractivity contribution in [2.45, 2.75) is 19.1 Å². The lowest BCUT2D eigenvalue weighted by molar-refractivity contribution is -0.0668. The van der Waals surface area contributed by atoms with Gasteiger partial charge in [0.05, 0.1) is 25.4 Å². The van der Waals surface area contributed by atoms with Crippen molar-refractivity contribution >= 4 is 17.2 Å². The molecule has 0 bridgehead atoms. The molecule has 1 fully saturated rings. The van der Waals surface area contributed by atoms with E-state index in [2.05, 4.69) is 4.98 Å². The van der Waals surface area contributed by atoms with Crippen molar-refractivity contribution < 1.29 is 14.6 Å². The minimum atomic E-state index is -0.313. The number of hydrogen-bond donors (Lipinski definition) is 1. The average Bonchev–Trinajstić information content (AvgIpc) is 3.05. The lowest BCUT2D eigenvalue weighted by Crippen LogP contribution is -2.52. The molecule has 1 aromatic heterocycles. The Hall–Kier alpha value is -1.76. The molecule has 116 valence electrons. The van der Waals surface area contributed by atoms with Gasteiger partial charge in [-0.2, -0.15) is 0 Å². The molecule has 0 radical (unpaired) electrons. The zero-order valence-corrected chi connectivity index (χ0v) is 13.1. The largest absolute Gasteiger partial charge is 0.394 e. The first-order chi connectivity index (χ1) is 10.7. The molecule has 2 unspecified atom stereocenters. The molecule has 22 heavy (non-hydrogen) atoms. The van der Waals surface area contributed by atoms with Crippen LogP contribution in [-0.2, 0) is 4.74 Å². The molecular formula is C16H18N2O3S. The number of aromatic nitrogens is 1. The van der Waals surface area contributed by atoms with Gasteiger partial charge in [0, 0.05) is 17.5 Å².